The van der Waals surface area contributed by atoms with E-state index in [0.29, 0.717) is 24.5 Å². The Morgan fingerprint density at radius 3 is 2.40 bits per heavy atom. The molecule has 0 saturated carbocycles. The van der Waals surface area contributed by atoms with Crippen molar-refractivity contribution in [2.45, 2.75) is 32.1 Å². The molecule has 3 rings (SSSR count). The highest BCUT2D eigenvalue weighted by Crippen LogP contribution is 2.29. The number of hydrogen-bond acceptors (Lipinski definition) is 3. The molecule has 2 fully saturated rings. The van der Waals surface area contributed by atoms with Gasteiger partial charge >= 0.3 is 0 Å². The summed E-state index contributed by atoms with van der Waals surface area (Å²) in [4.78, 5) is 16.2. The molecule has 1 unspecified atom stereocenters. The Kier molecular flexibility index (Phi) is 4.06. The zero-order chi connectivity index (χ0) is 13.9. The largest absolute Gasteiger partial charge is 0.371 e. The molecule has 108 valence electrons. The summed E-state index contributed by atoms with van der Waals surface area (Å²) in [6, 6.07) is 9.05. The smallest absolute Gasteiger partial charge is 0.136 e. The first-order chi connectivity index (χ1) is 9.76. The third-order valence-electron chi connectivity index (χ3n) is 4.77. The molecule has 1 atom stereocenters. The topological polar surface area (TPSA) is 23.6 Å². The SMILES string of the molecule is CCN1CCC(c2ccc(N3CCC(=O)CC3)cc2)C1. The lowest BCUT2D eigenvalue weighted by molar-refractivity contribution is -0.119. The summed E-state index contributed by atoms with van der Waals surface area (Å²) in [5, 5.41) is 0. The van der Waals surface area contributed by atoms with E-state index in [9.17, 15) is 4.79 Å². The van der Waals surface area contributed by atoms with E-state index in [1.54, 1.807) is 0 Å². The Bertz CT molecular complexity index is 458. The van der Waals surface area contributed by atoms with Gasteiger partial charge in [0.15, 0.2) is 0 Å². The number of likely N-dealkylation sites (tertiary alicyclic amines) is 1. The van der Waals surface area contributed by atoms with Crippen LogP contribution in [0, 0.1) is 0 Å². The number of hydrogen-bond donors (Lipinski definition) is 0. The van der Waals surface area contributed by atoms with E-state index in [2.05, 4.69) is 41.0 Å². The maximum absolute atomic E-state index is 11.3. The van der Waals surface area contributed by atoms with E-state index >= 15 is 0 Å². The molecule has 3 nitrogen and oxygen atoms in total. The third kappa shape index (κ3) is 2.88. The number of ketones is 1. The molecule has 0 aromatic heterocycles. The van der Waals surface area contributed by atoms with Crippen molar-refractivity contribution in [3.8, 4) is 0 Å². The Hall–Kier alpha value is -1.35. The van der Waals surface area contributed by atoms with Gasteiger partial charge in [0.05, 0.1) is 0 Å². The van der Waals surface area contributed by atoms with Crippen LogP contribution in [0.2, 0.25) is 0 Å². The molecule has 0 amide bonds. The fourth-order valence-corrected chi connectivity index (χ4v) is 3.36. The second-order valence-corrected chi connectivity index (χ2v) is 6.00. The lowest BCUT2D eigenvalue weighted by Crippen LogP contribution is -2.33. The van der Waals surface area contributed by atoms with Crippen molar-refractivity contribution in [1.82, 2.24) is 4.90 Å². The van der Waals surface area contributed by atoms with Gasteiger partial charge in [-0.1, -0.05) is 19.1 Å². The molecule has 0 spiro atoms. The Labute approximate surface area is 121 Å². The molecule has 0 bridgehead atoms. The van der Waals surface area contributed by atoms with E-state index in [1.165, 1.54) is 30.8 Å². The van der Waals surface area contributed by atoms with Crippen molar-refractivity contribution in [3.63, 3.8) is 0 Å². The maximum Gasteiger partial charge on any atom is 0.136 e. The van der Waals surface area contributed by atoms with E-state index < -0.39 is 0 Å². The summed E-state index contributed by atoms with van der Waals surface area (Å²) in [5.74, 6) is 1.11. The lowest BCUT2D eigenvalue weighted by atomic mass is 9.98. The number of benzene rings is 1. The third-order valence-corrected chi connectivity index (χ3v) is 4.77. The number of nitrogens with zero attached hydrogens (tertiary/aromatic N) is 2. The molecule has 2 saturated heterocycles. The normalized spacial score (nSPS) is 24.4. The average Bonchev–Trinajstić information content (AvgIpc) is 2.97. The maximum atomic E-state index is 11.3. The summed E-state index contributed by atoms with van der Waals surface area (Å²) in [6.45, 7) is 7.60. The first kappa shape index (κ1) is 13.6. The summed E-state index contributed by atoms with van der Waals surface area (Å²) in [5.41, 5.74) is 2.74. The van der Waals surface area contributed by atoms with Crippen LogP contribution in [0.5, 0.6) is 0 Å². The molecule has 3 heteroatoms. The first-order valence-corrected chi connectivity index (χ1v) is 7.85. The Morgan fingerprint density at radius 2 is 1.80 bits per heavy atom. The zero-order valence-corrected chi connectivity index (χ0v) is 12.3. The molecule has 20 heavy (non-hydrogen) atoms. The van der Waals surface area contributed by atoms with Gasteiger partial charge in [-0.3, -0.25) is 4.79 Å². The highest BCUT2D eigenvalue weighted by molar-refractivity contribution is 5.81. The van der Waals surface area contributed by atoms with Crippen molar-refractivity contribution in [3.05, 3.63) is 29.8 Å². The van der Waals surface area contributed by atoms with Crippen LogP contribution in [0.1, 0.15) is 37.7 Å². The predicted molar refractivity (Wildman–Crippen MR) is 82.4 cm³/mol. The van der Waals surface area contributed by atoms with Crippen LogP contribution in [0.15, 0.2) is 24.3 Å². The number of anilines is 1. The summed E-state index contributed by atoms with van der Waals surface area (Å²) in [6.07, 6.45) is 2.69. The van der Waals surface area contributed by atoms with Crippen molar-refractivity contribution in [1.29, 1.82) is 0 Å². The van der Waals surface area contributed by atoms with Gasteiger partial charge in [0.2, 0.25) is 0 Å². The van der Waals surface area contributed by atoms with E-state index in [0.717, 1.165) is 19.6 Å². The standard InChI is InChI=1S/C17H24N2O/c1-2-18-10-7-15(13-18)14-3-5-16(6-4-14)19-11-8-17(20)9-12-19/h3-6,15H,2,7-13H2,1H3. The van der Waals surface area contributed by atoms with E-state index in [4.69, 9.17) is 0 Å². The fourth-order valence-electron chi connectivity index (χ4n) is 3.36. The molecule has 2 heterocycles. The van der Waals surface area contributed by atoms with Gasteiger partial charge < -0.3 is 9.80 Å². The van der Waals surface area contributed by atoms with Crippen molar-refractivity contribution >= 4 is 11.5 Å². The monoisotopic (exact) mass is 272 g/mol. The number of carbonyl (C=O) groups is 1. The van der Waals surface area contributed by atoms with Crippen LogP contribution < -0.4 is 4.90 Å². The Morgan fingerprint density at radius 1 is 1.10 bits per heavy atom. The molecule has 0 aliphatic carbocycles. The second-order valence-electron chi connectivity index (χ2n) is 6.00. The average molecular weight is 272 g/mol. The van der Waals surface area contributed by atoms with Crippen LogP contribution >= 0.6 is 0 Å². The molecule has 2 aliphatic heterocycles. The quantitative estimate of drug-likeness (QED) is 0.845. The predicted octanol–water partition coefficient (Wildman–Crippen LogP) is 2.67. The zero-order valence-electron chi connectivity index (χ0n) is 12.3. The molecule has 1 aromatic rings. The number of Topliss-reactive ketones (excluding diaryl/α,β-unsaturated/α-hetero) is 1. The van der Waals surface area contributed by atoms with E-state index in [-0.39, 0.29) is 0 Å². The van der Waals surface area contributed by atoms with Gasteiger partial charge in [-0.15, -0.1) is 0 Å². The molecule has 1 aromatic carbocycles. The second kappa shape index (κ2) is 5.96. The van der Waals surface area contributed by atoms with Crippen LogP contribution in [0.4, 0.5) is 5.69 Å². The fraction of sp³-hybridized carbons (Fsp3) is 0.588. The van der Waals surface area contributed by atoms with Gasteiger partial charge in [0, 0.05) is 38.2 Å². The van der Waals surface area contributed by atoms with Gasteiger partial charge in [0.1, 0.15) is 5.78 Å². The van der Waals surface area contributed by atoms with Crippen LogP contribution in [0.25, 0.3) is 0 Å². The van der Waals surface area contributed by atoms with Gasteiger partial charge in [-0.25, -0.2) is 0 Å². The van der Waals surface area contributed by atoms with Crippen molar-refractivity contribution in [2.24, 2.45) is 0 Å². The van der Waals surface area contributed by atoms with E-state index in [1.807, 2.05) is 0 Å². The number of piperidine rings is 1. The first-order valence-electron chi connectivity index (χ1n) is 7.85. The van der Waals surface area contributed by atoms with Crippen LogP contribution in [-0.2, 0) is 4.79 Å². The number of carbonyl (C=O) groups excluding carboxylic acids is 1. The molecule has 0 radical (unpaired) electrons. The van der Waals surface area contributed by atoms with Crippen LogP contribution in [-0.4, -0.2) is 43.4 Å². The van der Waals surface area contributed by atoms with Gasteiger partial charge in [0.25, 0.3) is 0 Å². The minimum absolute atomic E-state index is 0.406. The Balaban J connectivity index is 1.64. The number of likely N-dealkylation sites (N-methyl/N-ethyl adjacent to an activating group) is 1. The molecule has 0 N–H and O–H groups in total. The minimum Gasteiger partial charge on any atom is -0.371 e. The lowest BCUT2D eigenvalue weighted by Gasteiger charge is -2.28. The summed E-state index contributed by atoms with van der Waals surface area (Å²) < 4.78 is 0. The van der Waals surface area contributed by atoms with Gasteiger partial charge in [-0.2, -0.15) is 0 Å². The van der Waals surface area contributed by atoms with Crippen molar-refractivity contribution in [2.75, 3.05) is 37.6 Å². The molecular weight excluding hydrogens is 248 g/mol. The molecule has 2 aliphatic rings. The van der Waals surface area contributed by atoms with Crippen LogP contribution in [0.3, 0.4) is 0 Å². The summed E-state index contributed by atoms with van der Waals surface area (Å²) >= 11 is 0. The highest BCUT2D eigenvalue weighted by Gasteiger charge is 2.23. The van der Waals surface area contributed by atoms with Crippen molar-refractivity contribution < 1.29 is 4.79 Å². The highest BCUT2D eigenvalue weighted by atomic mass is 16.1. The van der Waals surface area contributed by atoms with Gasteiger partial charge in [-0.05, 0) is 43.1 Å². The number of rotatable bonds is 3. The summed E-state index contributed by atoms with van der Waals surface area (Å²) in [7, 11) is 0. The minimum atomic E-state index is 0.406. The molecular formula is C17H24N2O.